The van der Waals surface area contributed by atoms with E-state index in [0.717, 1.165) is 57.1 Å². The Hall–Kier alpha value is -1.93. The average Bonchev–Trinajstić information content (AvgIpc) is 3.00. The van der Waals surface area contributed by atoms with Gasteiger partial charge in [0, 0.05) is 0 Å². The van der Waals surface area contributed by atoms with Crippen molar-refractivity contribution in [1.82, 2.24) is 5.32 Å². The number of carboxylic acid groups (broad SMARTS) is 1. The van der Waals surface area contributed by atoms with Crippen LogP contribution in [0.2, 0.25) is 0 Å². The second-order valence-corrected chi connectivity index (χ2v) is 11.8. The highest BCUT2D eigenvalue weighted by Gasteiger charge is 2.62. The van der Waals surface area contributed by atoms with E-state index in [4.69, 9.17) is 9.94 Å². The molecule has 4 rings (SSSR count). The van der Waals surface area contributed by atoms with Crippen LogP contribution in [0.4, 0.5) is 0 Å². The van der Waals surface area contributed by atoms with E-state index in [1.165, 1.54) is 12.5 Å². The number of oxime groups is 1. The van der Waals surface area contributed by atoms with E-state index in [-0.39, 0.29) is 10.8 Å². The van der Waals surface area contributed by atoms with Gasteiger partial charge in [0.2, 0.25) is 0 Å². The van der Waals surface area contributed by atoms with Gasteiger partial charge in [0.15, 0.2) is 12.6 Å². The number of allylic oxidation sites excluding steroid dienone is 2. The summed E-state index contributed by atoms with van der Waals surface area (Å²) < 4.78 is 0. The zero-order chi connectivity index (χ0) is 24.9. The molecule has 0 saturated heterocycles. The maximum Gasteiger partial charge on any atom is 0.328 e. The molecule has 0 spiro atoms. The molecule has 2 unspecified atom stereocenters. The highest BCUT2D eigenvalue weighted by atomic mass is 16.6. The minimum Gasteiger partial charge on any atom is -0.480 e. The summed E-state index contributed by atoms with van der Waals surface area (Å²) in [4.78, 5) is 28.3. The van der Waals surface area contributed by atoms with E-state index < -0.39 is 36.2 Å². The van der Waals surface area contributed by atoms with E-state index in [2.05, 4.69) is 30.4 Å². The quantitative estimate of drug-likeness (QED) is 0.436. The van der Waals surface area contributed by atoms with Crippen LogP contribution < -0.4 is 5.32 Å². The van der Waals surface area contributed by atoms with Gasteiger partial charge in [-0.15, -0.1) is 0 Å². The van der Waals surface area contributed by atoms with E-state index in [9.17, 15) is 19.8 Å². The molecule has 8 atom stereocenters. The highest BCUT2D eigenvalue weighted by molar-refractivity contribution is 5.96. The number of aliphatic carboxylic acids is 1. The number of aliphatic hydroxyl groups excluding tert-OH is 1. The molecule has 0 aliphatic heterocycles. The Bertz CT molecular complexity index is 896. The second-order valence-electron chi connectivity index (χ2n) is 11.8. The lowest BCUT2D eigenvalue weighted by atomic mass is 9.46. The summed E-state index contributed by atoms with van der Waals surface area (Å²) in [5.41, 5.74) is 1.83. The summed E-state index contributed by atoms with van der Waals surface area (Å²) in [6.45, 7) is 7.67. The smallest absolute Gasteiger partial charge is 0.328 e. The monoisotopic (exact) mass is 476 g/mol. The van der Waals surface area contributed by atoms with Gasteiger partial charge < -0.3 is 25.5 Å². The van der Waals surface area contributed by atoms with Crippen molar-refractivity contribution in [1.29, 1.82) is 0 Å². The fraction of sp³-hybridized carbons (Fsp3) is 0.808. The summed E-state index contributed by atoms with van der Waals surface area (Å²) in [6.07, 6.45) is 9.14. The standard InChI is InChI=1S/C26H40N2O6/c1-15(29)22(23(31)32)27-21(30)14-34-28-17-7-10-24(2)16(13-17)5-6-18-19(24)8-11-25(3)20(18)9-12-26(25,4)33/h13,15,18-20,22,29,33H,5-12,14H2,1-4H3,(H,27,30)(H,31,32)/b28-17+/t15?,18-,19+,20+,22?,24+,25+,26+/m1/s1. The second kappa shape index (κ2) is 8.94. The molecule has 1 amide bonds. The maximum absolute atomic E-state index is 12.0. The lowest BCUT2D eigenvalue weighted by molar-refractivity contribution is -0.145. The molecule has 0 aromatic heterocycles. The number of amides is 1. The van der Waals surface area contributed by atoms with Gasteiger partial charge in [-0.3, -0.25) is 4.79 Å². The van der Waals surface area contributed by atoms with Crippen LogP contribution in [0.3, 0.4) is 0 Å². The number of hydrogen-bond donors (Lipinski definition) is 4. The van der Waals surface area contributed by atoms with Gasteiger partial charge in [0.1, 0.15) is 0 Å². The van der Waals surface area contributed by atoms with Crippen molar-refractivity contribution in [3.05, 3.63) is 11.6 Å². The van der Waals surface area contributed by atoms with Crippen LogP contribution in [-0.2, 0) is 14.4 Å². The third-order valence-electron chi connectivity index (χ3n) is 9.98. The first-order chi connectivity index (χ1) is 15.9. The molecule has 3 saturated carbocycles. The van der Waals surface area contributed by atoms with Crippen molar-refractivity contribution in [2.45, 2.75) is 96.8 Å². The van der Waals surface area contributed by atoms with Crippen LogP contribution in [-0.4, -0.2) is 57.3 Å². The maximum atomic E-state index is 12.0. The van der Waals surface area contributed by atoms with E-state index in [0.29, 0.717) is 17.8 Å². The van der Waals surface area contributed by atoms with E-state index in [1.807, 2.05) is 6.92 Å². The van der Waals surface area contributed by atoms with E-state index >= 15 is 0 Å². The molecule has 4 aliphatic rings. The Morgan fingerprint density at radius 2 is 1.85 bits per heavy atom. The van der Waals surface area contributed by atoms with E-state index in [1.54, 1.807) is 0 Å². The molecule has 3 fully saturated rings. The van der Waals surface area contributed by atoms with Crippen molar-refractivity contribution >= 4 is 17.6 Å². The van der Waals surface area contributed by atoms with Gasteiger partial charge in [-0.2, -0.15) is 0 Å². The van der Waals surface area contributed by atoms with Crippen LogP contribution in [0, 0.1) is 28.6 Å². The SMILES string of the molecule is CC(O)C(NC(=O)CO/N=C1/C=C2CC[C@@H]3[C@H](CC[C@@]4(C)[C@H]3CC[C@]4(C)O)[C@@]2(C)CC1)C(=O)O. The summed E-state index contributed by atoms with van der Waals surface area (Å²) in [6, 6.07) is -1.38. The fourth-order valence-electron chi connectivity index (χ4n) is 7.66. The molecular formula is C26H40N2O6. The third-order valence-corrected chi connectivity index (χ3v) is 9.98. The molecular weight excluding hydrogens is 436 g/mol. The van der Waals surface area contributed by atoms with Crippen LogP contribution in [0.5, 0.6) is 0 Å². The molecule has 0 bridgehead atoms. The summed E-state index contributed by atoms with van der Waals surface area (Å²) in [5, 5.41) is 36.0. The normalized spacial score (nSPS) is 42.0. The number of fused-ring (bicyclic) bond motifs is 5. The van der Waals surface area contributed by atoms with Gasteiger partial charge in [-0.05, 0) is 99.9 Å². The topological polar surface area (TPSA) is 128 Å². The molecule has 34 heavy (non-hydrogen) atoms. The first-order valence-corrected chi connectivity index (χ1v) is 12.7. The Labute approximate surface area is 201 Å². The van der Waals surface area contributed by atoms with Crippen molar-refractivity contribution in [3.8, 4) is 0 Å². The minimum atomic E-state index is -1.38. The van der Waals surface area contributed by atoms with Gasteiger partial charge >= 0.3 is 5.97 Å². The van der Waals surface area contributed by atoms with Crippen LogP contribution >= 0.6 is 0 Å². The van der Waals surface area contributed by atoms with Crippen molar-refractivity contribution in [2.24, 2.45) is 33.7 Å². The van der Waals surface area contributed by atoms with Gasteiger partial charge in [0.25, 0.3) is 5.91 Å². The molecule has 190 valence electrons. The predicted octanol–water partition coefficient (Wildman–Crippen LogP) is 3.02. The zero-order valence-corrected chi connectivity index (χ0v) is 20.8. The summed E-state index contributed by atoms with van der Waals surface area (Å²) in [7, 11) is 0. The Kier molecular flexibility index (Phi) is 6.62. The van der Waals surface area contributed by atoms with Crippen LogP contribution in [0.25, 0.3) is 0 Å². The summed E-state index contributed by atoms with van der Waals surface area (Å²) >= 11 is 0. The van der Waals surface area contributed by atoms with Crippen LogP contribution in [0.15, 0.2) is 16.8 Å². The number of hydrogen-bond acceptors (Lipinski definition) is 6. The van der Waals surface area contributed by atoms with Gasteiger partial charge in [-0.1, -0.05) is 24.6 Å². The number of carbonyl (C=O) groups excluding carboxylic acids is 1. The number of aliphatic hydroxyl groups is 2. The van der Waals surface area contributed by atoms with Crippen molar-refractivity contribution < 1.29 is 29.7 Å². The Balaban J connectivity index is 1.40. The summed E-state index contributed by atoms with van der Waals surface area (Å²) in [5.74, 6) is -0.0617. The molecule has 8 nitrogen and oxygen atoms in total. The first-order valence-electron chi connectivity index (χ1n) is 12.7. The van der Waals surface area contributed by atoms with Crippen molar-refractivity contribution in [2.75, 3.05) is 6.61 Å². The lowest BCUT2D eigenvalue weighted by Crippen LogP contribution is -2.53. The third kappa shape index (κ3) is 4.17. The fourth-order valence-corrected chi connectivity index (χ4v) is 7.66. The average molecular weight is 477 g/mol. The highest BCUT2D eigenvalue weighted by Crippen LogP contribution is 2.67. The number of rotatable bonds is 6. The number of nitrogens with zero attached hydrogens (tertiary/aromatic N) is 1. The largest absolute Gasteiger partial charge is 0.480 e. The number of nitrogens with one attached hydrogen (secondary N) is 1. The Morgan fingerprint density at radius 3 is 2.53 bits per heavy atom. The number of carbonyl (C=O) groups is 2. The van der Waals surface area contributed by atoms with Gasteiger partial charge in [-0.25, -0.2) is 4.79 Å². The zero-order valence-electron chi connectivity index (χ0n) is 20.8. The molecule has 4 aliphatic carbocycles. The molecule has 0 aromatic carbocycles. The van der Waals surface area contributed by atoms with Gasteiger partial charge in [0.05, 0.1) is 17.4 Å². The molecule has 0 radical (unpaired) electrons. The number of carboxylic acids is 1. The molecule has 8 heteroatoms. The predicted molar refractivity (Wildman–Crippen MR) is 127 cm³/mol. The van der Waals surface area contributed by atoms with Crippen molar-refractivity contribution in [3.63, 3.8) is 0 Å². The Morgan fingerprint density at radius 1 is 1.15 bits per heavy atom. The lowest BCUT2D eigenvalue weighted by Gasteiger charge is -2.59. The van der Waals surface area contributed by atoms with Crippen LogP contribution in [0.1, 0.15) is 79.1 Å². The molecule has 4 N–H and O–H groups in total. The molecule has 0 aromatic rings. The minimum absolute atomic E-state index is 0.0227. The molecule has 0 heterocycles. The first kappa shape index (κ1) is 25.2.